The number of aromatic nitrogens is 2. The normalized spacial score (nSPS) is 13.0. The Labute approximate surface area is 400 Å². The first-order valence-electron chi connectivity index (χ1n) is 24.0. The molecule has 0 aliphatic heterocycles. The summed E-state index contributed by atoms with van der Waals surface area (Å²) >= 11 is 0. The van der Waals surface area contributed by atoms with Crippen molar-refractivity contribution in [2.45, 2.75) is 5.41 Å². The van der Waals surface area contributed by atoms with Crippen LogP contribution in [0.1, 0.15) is 22.3 Å². The molecule has 2 aromatic heterocycles. The van der Waals surface area contributed by atoms with Gasteiger partial charge < -0.3 is 9.13 Å². The molecule has 1 spiro atoms. The zero-order valence-corrected chi connectivity index (χ0v) is 37.6. The molecule has 0 atom stereocenters. The maximum Gasteiger partial charge on any atom is 0.0725 e. The monoisotopic (exact) mass is 874 g/mol. The summed E-state index contributed by atoms with van der Waals surface area (Å²) < 4.78 is 4.82. The first-order valence-corrected chi connectivity index (χ1v) is 24.0. The molecule has 0 radical (unpaired) electrons. The van der Waals surface area contributed by atoms with Crippen molar-refractivity contribution in [1.82, 2.24) is 9.13 Å². The average molecular weight is 875 g/mol. The second-order valence-corrected chi connectivity index (χ2v) is 18.8. The van der Waals surface area contributed by atoms with Gasteiger partial charge in [-0.2, -0.15) is 0 Å². The van der Waals surface area contributed by atoms with Crippen molar-refractivity contribution in [3.63, 3.8) is 0 Å². The smallest absolute Gasteiger partial charge is 0.0725 e. The van der Waals surface area contributed by atoms with Gasteiger partial charge >= 0.3 is 0 Å². The Morgan fingerprint density at radius 2 is 0.609 bits per heavy atom. The zero-order valence-electron chi connectivity index (χ0n) is 37.6. The van der Waals surface area contributed by atoms with Crippen LogP contribution in [0.4, 0.5) is 0 Å². The Kier molecular flexibility index (Phi) is 8.02. The number of hydrogen-bond donors (Lipinski definition) is 0. The van der Waals surface area contributed by atoms with E-state index in [2.05, 4.69) is 264 Å². The summed E-state index contributed by atoms with van der Waals surface area (Å²) in [5.74, 6) is 0. The van der Waals surface area contributed by atoms with Crippen LogP contribution in [-0.2, 0) is 5.41 Å². The van der Waals surface area contributed by atoms with E-state index in [1.807, 2.05) is 0 Å². The number of benzene rings is 11. The lowest BCUT2D eigenvalue weighted by Crippen LogP contribution is -2.25. The minimum Gasteiger partial charge on any atom is -0.309 e. The zero-order chi connectivity index (χ0) is 45.2. The third kappa shape index (κ3) is 5.37. The van der Waals surface area contributed by atoms with Gasteiger partial charge in [-0.3, -0.25) is 0 Å². The maximum atomic E-state index is 2.52. The van der Waals surface area contributed by atoms with Crippen molar-refractivity contribution in [3.05, 3.63) is 277 Å². The molecule has 0 unspecified atom stereocenters. The van der Waals surface area contributed by atoms with Crippen LogP contribution in [0.5, 0.6) is 0 Å². The summed E-state index contributed by atoms with van der Waals surface area (Å²) in [4.78, 5) is 0. The molecule has 15 rings (SSSR count). The number of fused-ring (bicyclic) bond motifs is 16. The number of nitrogens with zero attached hydrogens (tertiary/aromatic N) is 2. The second-order valence-electron chi connectivity index (χ2n) is 18.8. The van der Waals surface area contributed by atoms with Gasteiger partial charge in [-0.15, -0.1) is 0 Å². The van der Waals surface area contributed by atoms with Crippen molar-refractivity contribution in [2.75, 3.05) is 0 Å². The van der Waals surface area contributed by atoms with Crippen LogP contribution in [0, 0.1) is 0 Å². The Bertz CT molecular complexity index is 4180. The first-order chi connectivity index (χ1) is 34.2. The van der Waals surface area contributed by atoms with Gasteiger partial charge in [-0.05, 0) is 157 Å². The second kappa shape index (κ2) is 14.5. The van der Waals surface area contributed by atoms with Crippen molar-refractivity contribution in [2.24, 2.45) is 0 Å². The van der Waals surface area contributed by atoms with Crippen LogP contribution < -0.4 is 0 Å². The van der Waals surface area contributed by atoms with E-state index in [0.29, 0.717) is 0 Å². The molecule has 0 saturated heterocycles. The lowest BCUT2D eigenvalue weighted by molar-refractivity contribution is 0.794. The summed E-state index contributed by atoms with van der Waals surface area (Å²) in [6, 6.07) is 95.0. The molecule has 0 bridgehead atoms. The minimum absolute atomic E-state index is 0.427. The summed E-state index contributed by atoms with van der Waals surface area (Å²) in [5, 5.41) is 4.98. The molecule has 0 amide bonds. The molecule has 2 aliphatic rings. The van der Waals surface area contributed by atoms with Crippen LogP contribution in [0.2, 0.25) is 0 Å². The molecular weight excluding hydrogens is 833 g/mol. The molecule has 2 aliphatic carbocycles. The highest BCUT2D eigenvalue weighted by Gasteiger charge is 2.51. The molecule has 0 saturated carbocycles. The number of para-hydroxylation sites is 4. The molecule has 69 heavy (non-hydrogen) atoms. The van der Waals surface area contributed by atoms with E-state index in [4.69, 9.17) is 0 Å². The lowest BCUT2D eigenvalue weighted by atomic mass is 9.70. The van der Waals surface area contributed by atoms with E-state index < -0.39 is 5.41 Å². The Morgan fingerprint density at radius 1 is 0.217 bits per heavy atom. The van der Waals surface area contributed by atoms with Gasteiger partial charge in [0.1, 0.15) is 0 Å². The largest absolute Gasteiger partial charge is 0.309 e. The highest BCUT2D eigenvalue weighted by Crippen LogP contribution is 2.63. The SMILES string of the molecule is c1ccc(-n2c3ccccc3c3cc(-c4cc(-c5ccc6c(c5)C5(c7ccccc7-c7ccccc75)c5ccccc5-6)cc(-c5ccc6c7ccccc7n(-c7ccccc7)c6c5)c4)ccc32)cc1. The molecular formula is C67H42N2. The molecule has 2 heterocycles. The fraction of sp³-hybridized carbons (Fsp3) is 0.0149. The van der Waals surface area contributed by atoms with Gasteiger partial charge in [0.2, 0.25) is 0 Å². The van der Waals surface area contributed by atoms with Gasteiger partial charge in [-0.25, -0.2) is 0 Å². The highest BCUT2D eigenvalue weighted by atomic mass is 15.0. The van der Waals surface area contributed by atoms with E-state index in [1.165, 1.54) is 122 Å². The quantitative estimate of drug-likeness (QED) is 0.163. The van der Waals surface area contributed by atoms with E-state index in [0.717, 1.165) is 11.4 Å². The summed E-state index contributed by atoms with van der Waals surface area (Å²) in [6.07, 6.45) is 0. The number of hydrogen-bond acceptors (Lipinski definition) is 0. The molecule has 2 nitrogen and oxygen atoms in total. The number of rotatable bonds is 5. The van der Waals surface area contributed by atoms with Gasteiger partial charge in [-0.1, -0.05) is 176 Å². The van der Waals surface area contributed by atoms with E-state index >= 15 is 0 Å². The summed E-state index contributed by atoms with van der Waals surface area (Å²) in [6.45, 7) is 0. The highest BCUT2D eigenvalue weighted by molar-refractivity contribution is 6.12. The fourth-order valence-corrected chi connectivity index (χ4v) is 12.4. The van der Waals surface area contributed by atoms with Crippen LogP contribution in [0.25, 0.3) is 111 Å². The minimum atomic E-state index is -0.427. The van der Waals surface area contributed by atoms with Crippen LogP contribution in [0.15, 0.2) is 255 Å². The third-order valence-electron chi connectivity index (χ3n) is 15.3. The lowest BCUT2D eigenvalue weighted by Gasteiger charge is -2.30. The molecule has 320 valence electrons. The van der Waals surface area contributed by atoms with E-state index in [1.54, 1.807) is 0 Å². The van der Waals surface area contributed by atoms with Gasteiger partial charge in [0, 0.05) is 32.9 Å². The van der Waals surface area contributed by atoms with Gasteiger partial charge in [0.15, 0.2) is 0 Å². The van der Waals surface area contributed by atoms with Crippen molar-refractivity contribution < 1.29 is 0 Å². The van der Waals surface area contributed by atoms with Crippen molar-refractivity contribution >= 4 is 43.6 Å². The van der Waals surface area contributed by atoms with Crippen LogP contribution in [-0.4, -0.2) is 9.13 Å². The molecule has 0 N–H and O–H groups in total. The Morgan fingerprint density at radius 3 is 1.19 bits per heavy atom. The Hall–Kier alpha value is -8.98. The summed E-state index contributed by atoms with van der Waals surface area (Å²) in [7, 11) is 0. The standard InChI is InChI=1S/C67H42N2/c1-3-17-49(18-4-1)68-64-30-16-11-25-56(64)58-40-43(33-36-65(58)68)46-37-47(39-48(38-46)45-32-35-57-55-24-10-15-29-63(55)69(66(57)42-45)50-19-5-2-6-20-50)44-31-34-54-53-23-9-14-28-61(53)67(62(54)41-44)59-26-12-7-21-51(59)52-22-8-13-27-60(52)67/h1-42H. The van der Waals surface area contributed by atoms with E-state index in [-0.39, 0.29) is 0 Å². The first kappa shape index (κ1) is 38.2. The predicted octanol–water partition coefficient (Wildman–Crippen LogP) is 17.2. The van der Waals surface area contributed by atoms with Gasteiger partial charge in [0.25, 0.3) is 0 Å². The molecule has 2 heteroatoms. The third-order valence-corrected chi connectivity index (χ3v) is 15.3. The Balaban J connectivity index is 0.981. The molecule has 13 aromatic rings. The predicted molar refractivity (Wildman–Crippen MR) is 288 cm³/mol. The van der Waals surface area contributed by atoms with Crippen molar-refractivity contribution in [1.29, 1.82) is 0 Å². The fourth-order valence-electron chi connectivity index (χ4n) is 12.4. The van der Waals surface area contributed by atoms with Crippen molar-refractivity contribution in [3.8, 4) is 67.0 Å². The van der Waals surface area contributed by atoms with Crippen LogP contribution >= 0.6 is 0 Å². The van der Waals surface area contributed by atoms with Crippen LogP contribution in [0.3, 0.4) is 0 Å². The average Bonchev–Trinajstić information content (AvgIpc) is 4.13. The maximum absolute atomic E-state index is 2.52. The molecule has 0 fully saturated rings. The molecule has 11 aromatic carbocycles. The van der Waals surface area contributed by atoms with Gasteiger partial charge in [0.05, 0.1) is 27.5 Å². The topological polar surface area (TPSA) is 9.86 Å². The van der Waals surface area contributed by atoms with E-state index in [9.17, 15) is 0 Å². The summed E-state index contributed by atoms with van der Waals surface area (Å²) in [5.41, 5.74) is 24.4.